The number of aromatic nitrogens is 2. The van der Waals surface area contributed by atoms with Crippen molar-refractivity contribution < 1.29 is 9.59 Å². The van der Waals surface area contributed by atoms with Gasteiger partial charge in [0.1, 0.15) is 5.01 Å². The van der Waals surface area contributed by atoms with Crippen molar-refractivity contribution in [3.63, 3.8) is 0 Å². The van der Waals surface area contributed by atoms with E-state index in [1.165, 1.54) is 11.3 Å². The number of likely N-dealkylation sites (tertiary alicyclic amines) is 1. The summed E-state index contributed by atoms with van der Waals surface area (Å²) in [5, 5.41) is 15.4. The molecule has 0 bridgehead atoms. The maximum atomic E-state index is 12.9. The lowest BCUT2D eigenvalue weighted by Crippen LogP contribution is -2.41. The number of hydrogen-bond acceptors (Lipinski definition) is 5. The number of nitrogens with one attached hydrogen (secondary N) is 2. The highest BCUT2D eigenvalue weighted by atomic mass is 32.1. The second kappa shape index (κ2) is 9.48. The Morgan fingerprint density at radius 2 is 1.81 bits per heavy atom. The molecule has 2 N–H and O–H groups in total. The number of carbonyl (C=O) groups excluding carboxylic acids is 2. The van der Waals surface area contributed by atoms with E-state index >= 15 is 0 Å². The highest BCUT2D eigenvalue weighted by molar-refractivity contribution is 7.13. The molecule has 1 aliphatic rings. The topological polar surface area (TPSA) is 87.2 Å². The minimum atomic E-state index is -0.266. The third-order valence-corrected chi connectivity index (χ3v) is 6.93. The summed E-state index contributed by atoms with van der Waals surface area (Å²) in [6.07, 6.45) is 1.80. The Bertz CT molecular complexity index is 1130. The van der Waals surface area contributed by atoms with Crippen molar-refractivity contribution in [1.82, 2.24) is 15.1 Å². The number of hydrogen-bond donors (Lipinski definition) is 2. The van der Waals surface area contributed by atoms with E-state index < -0.39 is 0 Å². The summed E-state index contributed by atoms with van der Waals surface area (Å²) in [6.45, 7) is 7.30. The van der Waals surface area contributed by atoms with Crippen molar-refractivity contribution in [2.75, 3.05) is 23.7 Å². The Labute approximate surface area is 191 Å². The van der Waals surface area contributed by atoms with Gasteiger partial charge in [0.2, 0.25) is 5.01 Å². The Kier molecular flexibility index (Phi) is 6.50. The number of benzene rings is 2. The normalized spacial score (nSPS) is 16.0. The summed E-state index contributed by atoms with van der Waals surface area (Å²) in [5.41, 5.74) is 4.91. The number of amides is 3. The van der Waals surface area contributed by atoms with Gasteiger partial charge in [-0.2, -0.15) is 0 Å². The van der Waals surface area contributed by atoms with Crippen LogP contribution in [0.5, 0.6) is 0 Å². The molecule has 0 radical (unpaired) electrons. The van der Waals surface area contributed by atoms with Gasteiger partial charge in [0.15, 0.2) is 0 Å². The van der Waals surface area contributed by atoms with Gasteiger partial charge in [-0.15, -0.1) is 10.2 Å². The summed E-state index contributed by atoms with van der Waals surface area (Å²) in [4.78, 5) is 27.2. The Hall–Kier alpha value is -3.26. The van der Waals surface area contributed by atoms with E-state index in [0.717, 1.165) is 45.9 Å². The zero-order valence-corrected chi connectivity index (χ0v) is 19.3. The second-order valence-corrected chi connectivity index (χ2v) is 9.24. The number of anilines is 2. The Morgan fingerprint density at radius 1 is 1.03 bits per heavy atom. The van der Waals surface area contributed by atoms with Crippen LogP contribution in [-0.2, 0) is 0 Å². The van der Waals surface area contributed by atoms with E-state index in [4.69, 9.17) is 0 Å². The molecule has 166 valence electrons. The summed E-state index contributed by atoms with van der Waals surface area (Å²) in [7, 11) is 0. The predicted molar refractivity (Wildman–Crippen MR) is 128 cm³/mol. The zero-order chi connectivity index (χ0) is 22.7. The largest absolute Gasteiger partial charge is 0.324 e. The molecule has 2 aromatic carbocycles. The highest BCUT2D eigenvalue weighted by Crippen LogP contribution is 2.30. The predicted octanol–water partition coefficient (Wildman–Crippen LogP) is 5.13. The molecular weight excluding hydrogens is 422 g/mol. The van der Waals surface area contributed by atoms with Crippen molar-refractivity contribution in [3.8, 4) is 0 Å². The molecule has 1 aromatic heterocycles. The molecule has 2 heterocycles. The quantitative estimate of drug-likeness (QED) is 0.578. The van der Waals surface area contributed by atoms with Gasteiger partial charge < -0.3 is 15.5 Å². The van der Waals surface area contributed by atoms with Crippen molar-refractivity contribution >= 4 is 34.6 Å². The molecule has 4 rings (SSSR count). The fraction of sp³-hybridized carbons (Fsp3) is 0.333. The fourth-order valence-corrected chi connectivity index (χ4v) is 4.62. The molecule has 8 heteroatoms. The van der Waals surface area contributed by atoms with Crippen molar-refractivity contribution in [2.45, 2.75) is 39.5 Å². The first kappa shape index (κ1) is 22.0. The minimum Gasteiger partial charge on any atom is -0.324 e. The number of piperidine rings is 1. The first-order valence-corrected chi connectivity index (χ1v) is 11.6. The maximum absolute atomic E-state index is 12.9. The smallest absolute Gasteiger partial charge is 0.321 e. The first-order chi connectivity index (χ1) is 15.4. The van der Waals surface area contributed by atoms with Gasteiger partial charge in [-0.25, -0.2) is 4.79 Å². The van der Waals surface area contributed by atoms with Crippen molar-refractivity contribution in [1.29, 1.82) is 0 Å². The zero-order valence-electron chi connectivity index (χ0n) is 18.5. The van der Waals surface area contributed by atoms with E-state index in [1.54, 1.807) is 0 Å². The molecule has 3 amide bonds. The van der Waals surface area contributed by atoms with Crippen LogP contribution in [0.25, 0.3) is 0 Å². The summed E-state index contributed by atoms with van der Waals surface area (Å²) in [5.74, 6) is -0.190. The van der Waals surface area contributed by atoms with Crippen LogP contribution in [0.1, 0.15) is 50.3 Å². The van der Waals surface area contributed by atoms with E-state index in [2.05, 4.69) is 20.8 Å². The highest BCUT2D eigenvalue weighted by Gasteiger charge is 2.28. The lowest BCUT2D eigenvalue weighted by Gasteiger charge is -2.31. The second-order valence-electron chi connectivity index (χ2n) is 8.23. The van der Waals surface area contributed by atoms with Crippen LogP contribution < -0.4 is 10.6 Å². The molecule has 1 atom stereocenters. The molecule has 3 aromatic rings. The van der Waals surface area contributed by atoms with Gasteiger partial charge in [-0.05, 0) is 62.9 Å². The molecule has 0 saturated carbocycles. The standard InChI is InChI=1S/C24H27N5O2S/c1-15-9-11-19(12-10-15)25-21(30)23-28-27-22(32-23)18-7-5-13-29(14-18)24(31)26-20-8-4-6-16(2)17(20)3/h4,6,8-12,18H,5,7,13-14H2,1-3H3,(H,25,30)(H,26,31). The third kappa shape index (κ3) is 4.96. The van der Waals surface area contributed by atoms with Gasteiger partial charge in [0.25, 0.3) is 5.91 Å². The molecular formula is C24H27N5O2S. The van der Waals surface area contributed by atoms with Crippen molar-refractivity contribution in [3.05, 3.63) is 69.2 Å². The molecule has 0 spiro atoms. The number of aryl methyl sites for hydroxylation is 2. The van der Waals surface area contributed by atoms with E-state index in [9.17, 15) is 9.59 Å². The maximum Gasteiger partial charge on any atom is 0.321 e. The lowest BCUT2D eigenvalue weighted by molar-refractivity contribution is 0.102. The Balaban J connectivity index is 1.39. The SMILES string of the molecule is Cc1ccc(NC(=O)c2nnc(C3CCCN(C(=O)Nc4cccc(C)c4C)C3)s2)cc1. The van der Waals surface area contributed by atoms with E-state index in [0.29, 0.717) is 18.1 Å². The average Bonchev–Trinajstić information content (AvgIpc) is 3.29. The summed E-state index contributed by atoms with van der Waals surface area (Å²) < 4.78 is 0. The van der Waals surface area contributed by atoms with Crippen LogP contribution in [0.4, 0.5) is 16.2 Å². The number of urea groups is 1. The van der Waals surface area contributed by atoms with Crippen LogP contribution in [0.3, 0.4) is 0 Å². The van der Waals surface area contributed by atoms with Crippen LogP contribution in [-0.4, -0.2) is 40.1 Å². The number of rotatable bonds is 4. The molecule has 1 saturated heterocycles. The van der Waals surface area contributed by atoms with Crippen molar-refractivity contribution in [2.24, 2.45) is 0 Å². The molecule has 7 nitrogen and oxygen atoms in total. The van der Waals surface area contributed by atoms with Crippen LogP contribution >= 0.6 is 11.3 Å². The van der Waals surface area contributed by atoms with Gasteiger partial charge >= 0.3 is 6.03 Å². The summed E-state index contributed by atoms with van der Waals surface area (Å²) in [6, 6.07) is 13.4. The van der Waals surface area contributed by atoms with Gasteiger partial charge in [-0.3, -0.25) is 4.79 Å². The van der Waals surface area contributed by atoms with E-state index in [1.807, 2.05) is 68.1 Å². The molecule has 1 unspecified atom stereocenters. The van der Waals surface area contributed by atoms with E-state index in [-0.39, 0.29) is 17.9 Å². The monoisotopic (exact) mass is 449 g/mol. The van der Waals surface area contributed by atoms with Gasteiger partial charge in [0.05, 0.1) is 0 Å². The van der Waals surface area contributed by atoms with Gasteiger partial charge in [0, 0.05) is 30.4 Å². The average molecular weight is 450 g/mol. The molecule has 1 fully saturated rings. The van der Waals surface area contributed by atoms with Crippen LogP contribution in [0.15, 0.2) is 42.5 Å². The minimum absolute atomic E-state index is 0.0755. The first-order valence-electron chi connectivity index (χ1n) is 10.7. The molecule has 1 aliphatic heterocycles. The number of nitrogens with zero attached hydrogens (tertiary/aromatic N) is 3. The lowest BCUT2D eigenvalue weighted by atomic mass is 9.99. The van der Waals surface area contributed by atoms with Gasteiger partial charge in [-0.1, -0.05) is 41.2 Å². The molecule has 32 heavy (non-hydrogen) atoms. The fourth-order valence-electron chi connectivity index (χ4n) is 3.76. The number of carbonyl (C=O) groups is 2. The molecule has 0 aliphatic carbocycles. The summed E-state index contributed by atoms with van der Waals surface area (Å²) >= 11 is 1.30. The van der Waals surface area contributed by atoms with Crippen LogP contribution in [0.2, 0.25) is 0 Å². The third-order valence-electron chi connectivity index (χ3n) is 5.85. The Morgan fingerprint density at radius 3 is 2.59 bits per heavy atom. The van der Waals surface area contributed by atoms with Crippen LogP contribution in [0, 0.1) is 20.8 Å².